The Hall–Kier alpha value is -1.36. The molecule has 1 aromatic rings. The molecule has 1 N–H and O–H groups in total. The van der Waals surface area contributed by atoms with Gasteiger partial charge in [0.15, 0.2) is 5.82 Å². The fourth-order valence-electron chi connectivity index (χ4n) is 2.19. The van der Waals surface area contributed by atoms with Crippen molar-refractivity contribution < 1.29 is 4.74 Å². The number of nitrogens with zero attached hydrogens (tertiary/aromatic N) is 3. The summed E-state index contributed by atoms with van der Waals surface area (Å²) in [7, 11) is 2.01. The molecule has 0 saturated carbocycles. The minimum Gasteiger partial charge on any atom is -0.477 e. The van der Waals surface area contributed by atoms with Gasteiger partial charge in [-0.05, 0) is 26.3 Å². The zero-order valence-electron chi connectivity index (χ0n) is 11.2. The standard InChI is InChI=1S/C13H22N4O/c1-3-7-18-13-9-15-8-12(16-13)17-6-4-5-11(10-17)14-2/h8-9,11,14H,3-7,10H2,1-2H3. The number of hydrogen-bond donors (Lipinski definition) is 1. The van der Waals surface area contributed by atoms with Gasteiger partial charge in [-0.1, -0.05) is 6.92 Å². The number of ether oxygens (including phenoxy) is 1. The van der Waals surface area contributed by atoms with Crippen LogP contribution < -0.4 is 15.0 Å². The Morgan fingerprint density at radius 2 is 2.39 bits per heavy atom. The number of piperidine rings is 1. The number of nitrogens with one attached hydrogen (secondary N) is 1. The average molecular weight is 250 g/mol. The van der Waals surface area contributed by atoms with Crippen molar-refractivity contribution in [3.63, 3.8) is 0 Å². The molecule has 0 aromatic carbocycles. The molecule has 1 atom stereocenters. The lowest BCUT2D eigenvalue weighted by atomic mass is 10.1. The maximum atomic E-state index is 5.52. The van der Waals surface area contributed by atoms with E-state index in [1.54, 1.807) is 6.20 Å². The molecule has 1 fully saturated rings. The summed E-state index contributed by atoms with van der Waals surface area (Å²) in [6.45, 7) is 4.81. The molecule has 2 rings (SSSR count). The van der Waals surface area contributed by atoms with Crippen LogP contribution in [0.5, 0.6) is 5.88 Å². The van der Waals surface area contributed by atoms with Crippen LogP contribution in [0.25, 0.3) is 0 Å². The third-order valence-electron chi connectivity index (χ3n) is 3.21. The molecule has 5 nitrogen and oxygen atoms in total. The second-order valence-corrected chi connectivity index (χ2v) is 4.64. The first-order valence-corrected chi connectivity index (χ1v) is 6.70. The second-order valence-electron chi connectivity index (χ2n) is 4.64. The first-order valence-electron chi connectivity index (χ1n) is 6.70. The van der Waals surface area contributed by atoms with E-state index in [2.05, 4.69) is 27.1 Å². The van der Waals surface area contributed by atoms with E-state index >= 15 is 0 Å². The van der Waals surface area contributed by atoms with Crippen LogP contribution >= 0.6 is 0 Å². The summed E-state index contributed by atoms with van der Waals surface area (Å²) in [4.78, 5) is 11.0. The van der Waals surface area contributed by atoms with Crippen molar-refractivity contribution in [1.82, 2.24) is 15.3 Å². The van der Waals surface area contributed by atoms with Gasteiger partial charge in [-0.2, -0.15) is 4.98 Å². The third-order valence-corrected chi connectivity index (χ3v) is 3.21. The molecule has 100 valence electrons. The van der Waals surface area contributed by atoms with E-state index in [9.17, 15) is 0 Å². The lowest BCUT2D eigenvalue weighted by Crippen LogP contribution is -2.44. The quantitative estimate of drug-likeness (QED) is 0.857. The Labute approximate surface area is 109 Å². The van der Waals surface area contributed by atoms with Crippen LogP contribution in [0.1, 0.15) is 26.2 Å². The smallest absolute Gasteiger partial charge is 0.234 e. The molecule has 0 amide bonds. The van der Waals surface area contributed by atoms with Gasteiger partial charge in [-0.15, -0.1) is 0 Å². The zero-order valence-corrected chi connectivity index (χ0v) is 11.2. The Morgan fingerprint density at radius 1 is 1.50 bits per heavy atom. The summed E-state index contributed by atoms with van der Waals surface area (Å²) in [6, 6.07) is 0.542. The van der Waals surface area contributed by atoms with Crippen LogP contribution in [0, 0.1) is 0 Å². The summed E-state index contributed by atoms with van der Waals surface area (Å²) in [5, 5.41) is 3.33. The van der Waals surface area contributed by atoms with E-state index in [0.717, 1.165) is 25.3 Å². The van der Waals surface area contributed by atoms with E-state index in [1.165, 1.54) is 12.8 Å². The molecule has 0 aliphatic carbocycles. The number of likely N-dealkylation sites (N-methyl/N-ethyl adjacent to an activating group) is 1. The molecule has 18 heavy (non-hydrogen) atoms. The maximum Gasteiger partial charge on any atom is 0.234 e. The van der Waals surface area contributed by atoms with Gasteiger partial charge in [0.05, 0.1) is 19.0 Å². The molecule has 0 bridgehead atoms. The Bertz CT molecular complexity index is 372. The summed E-state index contributed by atoms with van der Waals surface area (Å²) >= 11 is 0. The molecular formula is C13H22N4O. The summed E-state index contributed by atoms with van der Waals surface area (Å²) < 4.78 is 5.52. The molecule has 1 aliphatic heterocycles. The van der Waals surface area contributed by atoms with Gasteiger partial charge < -0.3 is 15.0 Å². The SMILES string of the molecule is CCCOc1cncc(N2CCCC(NC)C2)n1. The minimum atomic E-state index is 0.542. The van der Waals surface area contributed by atoms with Crippen LogP contribution in [0.3, 0.4) is 0 Å². The first kappa shape index (κ1) is 13.1. The largest absolute Gasteiger partial charge is 0.477 e. The van der Waals surface area contributed by atoms with E-state index in [4.69, 9.17) is 4.74 Å². The lowest BCUT2D eigenvalue weighted by molar-refractivity contribution is 0.303. The molecule has 1 aliphatic rings. The van der Waals surface area contributed by atoms with Crippen molar-refractivity contribution >= 4 is 5.82 Å². The van der Waals surface area contributed by atoms with Crippen LogP contribution in [-0.2, 0) is 0 Å². The molecule has 0 radical (unpaired) electrons. The number of hydrogen-bond acceptors (Lipinski definition) is 5. The number of anilines is 1. The molecule has 2 heterocycles. The van der Waals surface area contributed by atoms with Gasteiger partial charge in [0.25, 0.3) is 0 Å². The van der Waals surface area contributed by atoms with Crippen molar-refractivity contribution in [2.75, 3.05) is 31.6 Å². The van der Waals surface area contributed by atoms with E-state index in [1.807, 2.05) is 13.2 Å². The van der Waals surface area contributed by atoms with Crippen LogP contribution in [0.2, 0.25) is 0 Å². The Balaban J connectivity index is 2.02. The topological polar surface area (TPSA) is 50.3 Å². The fourth-order valence-corrected chi connectivity index (χ4v) is 2.19. The molecule has 5 heteroatoms. The fraction of sp³-hybridized carbons (Fsp3) is 0.692. The molecular weight excluding hydrogens is 228 g/mol. The third kappa shape index (κ3) is 3.32. The van der Waals surface area contributed by atoms with Gasteiger partial charge in [0.2, 0.25) is 5.88 Å². The highest BCUT2D eigenvalue weighted by Gasteiger charge is 2.19. The normalized spacial score (nSPS) is 19.9. The highest BCUT2D eigenvalue weighted by atomic mass is 16.5. The monoisotopic (exact) mass is 250 g/mol. The molecule has 1 aromatic heterocycles. The average Bonchev–Trinajstić information content (AvgIpc) is 2.45. The van der Waals surface area contributed by atoms with Gasteiger partial charge in [0, 0.05) is 19.1 Å². The first-order chi connectivity index (χ1) is 8.83. The highest BCUT2D eigenvalue weighted by Crippen LogP contribution is 2.19. The van der Waals surface area contributed by atoms with E-state index in [0.29, 0.717) is 18.5 Å². The highest BCUT2D eigenvalue weighted by molar-refractivity contribution is 5.38. The van der Waals surface area contributed by atoms with Crippen molar-refractivity contribution in [2.24, 2.45) is 0 Å². The summed E-state index contributed by atoms with van der Waals surface area (Å²) in [6.07, 6.45) is 6.90. The lowest BCUT2D eigenvalue weighted by Gasteiger charge is -2.33. The van der Waals surface area contributed by atoms with E-state index < -0.39 is 0 Å². The number of rotatable bonds is 5. The van der Waals surface area contributed by atoms with E-state index in [-0.39, 0.29) is 0 Å². The van der Waals surface area contributed by atoms with Gasteiger partial charge in [0.1, 0.15) is 0 Å². The van der Waals surface area contributed by atoms with Crippen LogP contribution in [0.15, 0.2) is 12.4 Å². The van der Waals surface area contributed by atoms with Crippen molar-refractivity contribution in [1.29, 1.82) is 0 Å². The van der Waals surface area contributed by atoms with Gasteiger partial charge in [-0.25, -0.2) is 0 Å². The molecule has 1 saturated heterocycles. The molecule has 1 unspecified atom stereocenters. The van der Waals surface area contributed by atoms with Crippen LogP contribution in [0.4, 0.5) is 5.82 Å². The zero-order chi connectivity index (χ0) is 12.8. The maximum absolute atomic E-state index is 5.52. The predicted octanol–water partition coefficient (Wildman–Crippen LogP) is 1.45. The summed E-state index contributed by atoms with van der Waals surface area (Å²) in [5.74, 6) is 1.55. The number of aromatic nitrogens is 2. The Kier molecular flexibility index (Phi) is 4.75. The van der Waals surface area contributed by atoms with Crippen molar-refractivity contribution in [2.45, 2.75) is 32.2 Å². The van der Waals surface area contributed by atoms with Crippen molar-refractivity contribution in [3.8, 4) is 5.88 Å². The van der Waals surface area contributed by atoms with Gasteiger partial charge >= 0.3 is 0 Å². The van der Waals surface area contributed by atoms with Crippen molar-refractivity contribution in [3.05, 3.63) is 12.4 Å². The second kappa shape index (κ2) is 6.54. The van der Waals surface area contributed by atoms with Crippen LogP contribution in [-0.4, -0.2) is 42.8 Å². The van der Waals surface area contributed by atoms with Gasteiger partial charge in [-0.3, -0.25) is 4.98 Å². The Morgan fingerprint density at radius 3 is 3.17 bits per heavy atom. The predicted molar refractivity (Wildman–Crippen MR) is 72.1 cm³/mol. The minimum absolute atomic E-state index is 0.542. The summed E-state index contributed by atoms with van der Waals surface area (Å²) in [5.41, 5.74) is 0. The molecule has 0 spiro atoms.